The summed E-state index contributed by atoms with van der Waals surface area (Å²) >= 11 is 0. The Labute approximate surface area is 148 Å². The fourth-order valence-corrected chi connectivity index (χ4v) is 3.43. The number of nitrogens with one attached hydrogen (secondary N) is 1. The second-order valence-corrected chi connectivity index (χ2v) is 6.83. The van der Waals surface area contributed by atoms with Crippen LogP contribution in [0.1, 0.15) is 24.6 Å². The van der Waals surface area contributed by atoms with Gasteiger partial charge in [-0.15, -0.1) is 0 Å². The lowest BCUT2D eigenvalue weighted by atomic mass is 10.2. The van der Waals surface area contributed by atoms with Crippen molar-refractivity contribution in [2.75, 3.05) is 30.4 Å². The lowest BCUT2D eigenvalue weighted by Gasteiger charge is -2.18. The van der Waals surface area contributed by atoms with E-state index >= 15 is 0 Å². The summed E-state index contributed by atoms with van der Waals surface area (Å²) in [5.74, 6) is 3.15. The van der Waals surface area contributed by atoms with E-state index in [1.807, 2.05) is 25.3 Å². The Kier molecular flexibility index (Phi) is 4.03. The molecule has 1 fully saturated rings. The van der Waals surface area contributed by atoms with Crippen LogP contribution in [0, 0.1) is 12.8 Å². The first-order valence-corrected chi connectivity index (χ1v) is 8.74. The molecule has 1 atom stereocenters. The van der Waals surface area contributed by atoms with Gasteiger partial charge in [-0.3, -0.25) is 4.99 Å². The van der Waals surface area contributed by atoms with Gasteiger partial charge in [0.25, 0.3) is 0 Å². The molecule has 6 heteroatoms. The van der Waals surface area contributed by atoms with Crippen molar-refractivity contribution in [3.8, 4) is 5.75 Å². The highest BCUT2D eigenvalue weighted by atomic mass is 16.5. The van der Waals surface area contributed by atoms with Crippen LogP contribution in [0.2, 0.25) is 0 Å². The number of methoxy groups -OCH3 is 1. The van der Waals surface area contributed by atoms with Gasteiger partial charge in [-0.25, -0.2) is 4.98 Å². The first kappa shape index (κ1) is 15.9. The van der Waals surface area contributed by atoms with E-state index in [4.69, 9.17) is 14.7 Å². The number of fused-ring (bicyclic) bond motifs is 1. The van der Waals surface area contributed by atoms with Crippen LogP contribution < -0.4 is 15.0 Å². The molecule has 0 aliphatic carbocycles. The van der Waals surface area contributed by atoms with Crippen molar-refractivity contribution in [2.45, 2.75) is 26.7 Å². The predicted molar refractivity (Wildman–Crippen MR) is 101 cm³/mol. The van der Waals surface area contributed by atoms with Gasteiger partial charge in [0.15, 0.2) is 5.82 Å². The topological polar surface area (TPSA) is 62.6 Å². The number of nitrogens with zero attached hydrogens (tertiary/aromatic N) is 4. The van der Waals surface area contributed by atoms with Gasteiger partial charge in [0.2, 0.25) is 5.95 Å². The van der Waals surface area contributed by atoms with E-state index in [-0.39, 0.29) is 0 Å². The zero-order valence-electron chi connectivity index (χ0n) is 14.9. The molecule has 0 radical (unpaired) electrons. The maximum Gasteiger partial charge on any atom is 0.227 e. The van der Waals surface area contributed by atoms with Gasteiger partial charge in [-0.05, 0) is 43.0 Å². The van der Waals surface area contributed by atoms with E-state index in [1.165, 1.54) is 6.42 Å². The maximum absolute atomic E-state index is 5.34. The van der Waals surface area contributed by atoms with E-state index in [9.17, 15) is 0 Å². The third kappa shape index (κ3) is 3.04. The van der Waals surface area contributed by atoms with Crippen molar-refractivity contribution < 1.29 is 4.74 Å². The summed E-state index contributed by atoms with van der Waals surface area (Å²) in [4.78, 5) is 16.3. The van der Waals surface area contributed by atoms with Crippen molar-refractivity contribution >= 4 is 29.4 Å². The molecule has 6 nitrogen and oxygen atoms in total. The summed E-state index contributed by atoms with van der Waals surface area (Å²) in [5, 5.41) is 3.42. The second kappa shape index (κ2) is 6.35. The molecule has 1 unspecified atom stereocenters. The molecule has 3 heterocycles. The minimum absolute atomic E-state index is 0.689. The van der Waals surface area contributed by atoms with Crippen LogP contribution in [-0.2, 0) is 6.42 Å². The molecular weight excluding hydrogens is 314 g/mol. The zero-order chi connectivity index (χ0) is 17.4. The molecule has 0 bridgehead atoms. The largest absolute Gasteiger partial charge is 0.496 e. The van der Waals surface area contributed by atoms with Crippen molar-refractivity contribution in [3.05, 3.63) is 29.5 Å². The maximum atomic E-state index is 5.34. The molecule has 25 heavy (non-hydrogen) atoms. The van der Waals surface area contributed by atoms with E-state index < -0.39 is 0 Å². The van der Waals surface area contributed by atoms with Crippen molar-refractivity contribution in [3.63, 3.8) is 0 Å². The highest BCUT2D eigenvalue weighted by molar-refractivity contribution is 5.83. The molecular formula is C19H23N5O. The Morgan fingerprint density at radius 2 is 2.16 bits per heavy atom. The zero-order valence-corrected chi connectivity index (χ0v) is 14.9. The number of anilines is 3. The van der Waals surface area contributed by atoms with E-state index in [2.05, 4.69) is 28.2 Å². The Morgan fingerprint density at radius 1 is 1.28 bits per heavy atom. The predicted octanol–water partition coefficient (Wildman–Crippen LogP) is 3.64. The minimum atomic E-state index is 0.689. The summed E-state index contributed by atoms with van der Waals surface area (Å²) in [6, 6.07) is 6.02. The summed E-state index contributed by atoms with van der Waals surface area (Å²) < 4.78 is 5.34. The monoisotopic (exact) mass is 337 g/mol. The Morgan fingerprint density at radius 3 is 2.88 bits per heavy atom. The Bertz CT molecular complexity index is 833. The van der Waals surface area contributed by atoms with Crippen LogP contribution in [-0.4, -0.2) is 36.4 Å². The van der Waals surface area contributed by atoms with E-state index in [0.717, 1.165) is 59.7 Å². The first-order chi connectivity index (χ1) is 12.1. The smallest absolute Gasteiger partial charge is 0.227 e. The normalized spacial score (nSPS) is 18.5. The number of benzene rings is 1. The molecule has 130 valence electrons. The van der Waals surface area contributed by atoms with Crippen LogP contribution >= 0.6 is 0 Å². The SMILES string of the molecule is COc1ccc(Nc2nc(N3CCC(C)C3)nc3c2N=CC3)cc1C. The third-order valence-electron chi connectivity index (χ3n) is 4.81. The molecule has 2 aliphatic rings. The second-order valence-electron chi connectivity index (χ2n) is 6.83. The third-order valence-corrected chi connectivity index (χ3v) is 4.81. The van der Waals surface area contributed by atoms with Gasteiger partial charge in [0.1, 0.15) is 11.4 Å². The molecule has 1 saturated heterocycles. The number of hydrogen-bond donors (Lipinski definition) is 1. The molecule has 4 rings (SSSR count). The summed E-state index contributed by atoms with van der Waals surface area (Å²) in [5.41, 5.74) is 3.90. The summed E-state index contributed by atoms with van der Waals surface area (Å²) in [7, 11) is 1.69. The van der Waals surface area contributed by atoms with Gasteiger partial charge >= 0.3 is 0 Å². The summed E-state index contributed by atoms with van der Waals surface area (Å²) in [6.07, 6.45) is 3.86. The molecule has 1 aromatic heterocycles. The molecule has 2 aliphatic heterocycles. The molecule has 2 aromatic rings. The Hall–Kier alpha value is -2.63. The van der Waals surface area contributed by atoms with Crippen molar-refractivity contribution in [1.29, 1.82) is 0 Å². The first-order valence-electron chi connectivity index (χ1n) is 8.74. The molecule has 1 N–H and O–H groups in total. The van der Waals surface area contributed by atoms with Crippen LogP contribution in [0.4, 0.5) is 23.1 Å². The van der Waals surface area contributed by atoms with Crippen molar-refractivity contribution in [1.82, 2.24) is 9.97 Å². The van der Waals surface area contributed by atoms with Crippen LogP contribution in [0.3, 0.4) is 0 Å². The van der Waals surface area contributed by atoms with Crippen LogP contribution in [0.5, 0.6) is 5.75 Å². The van der Waals surface area contributed by atoms with Crippen LogP contribution in [0.25, 0.3) is 0 Å². The van der Waals surface area contributed by atoms with E-state index in [1.54, 1.807) is 7.11 Å². The number of rotatable bonds is 4. The summed E-state index contributed by atoms with van der Waals surface area (Å²) in [6.45, 7) is 6.34. The minimum Gasteiger partial charge on any atom is -0.496 e. The van der Waals surface area contributed by atoms with Gasteiger partial charge in [0, 0.05) is 31.4 Å². The van der Waals surface area contributed by atoms with E-state index in [0.29, 0.717) is 5.92 Å². The Balaban J connectivity index is 1.67. The fourth-order valence-electron chi connectivity index (χ4n) is 3.43. The average Bonchev–Trinajstić information content (AvgIpc) is 3.23. The number of aryl methyl sites for hydroxylation is 1. The standard InChI is InChI=1S/C19H23N5O/c1-12-7-9-24(11-12)19-22-15-6-8-20-17(15)18(23-19)21-14-4-5-16(25-3)13(2)10-14/h4-5,8,10,12H,6-7,9,11H2,1-3H3,(H,21,22,23). The van der Waals surface area contributed by atoms with Gasteiger partial charge in [-0.2, -0.15) is 4.98 Å². The van der Waals surface area contributed by atoms with Gasteiger partial charge in [0.05, 0.1) is 12.8 Å². The lowest BCUT2D eigenvalue weighted by Crippen LogP contribution is -2.22. The molecule has 0 amide bonds. The van der Waals surface area contributed by atoms with Crippen molar-refractivity contribution in [2.24, 2.45) is 10.9 Å². The highest BCUT2D eigenvalue weighted by Crippen LogP contribution is 2.35. The number of ether oxygens (including phenoxy) is 1. The molecule has 0 spiro atoms. The fraction of sp³-hybridized carbons (Fsp3) is 0.421. The molecule has 1 aromatic carbocycles. The number of aliphatic imine (C=N–C) groups is 1. The average molecular weight is 337 g/mol. The number of hydrogen-bond acceptors (Lipinski definition) is 6. The van der Waals surface area contributed by atoms with Gasteiger partial charge < -0.3 is 15.0 Å². The molecule has 0 saturated carbocycles. The lowest BCUT2D eigenvalue weighted by molar-refractivity contribution is 0.412. The highest BCUT2D eigenvalue weighted by Gasteiger charge is 2.24. The van der Waals surface area contributed by atoms with Crippen LogP contribution in [0.15, 0.2) is 23.2 Å². The van der Waals surface area contributed by atoms with Gasteiger partial charge in [-0.1, -0.05) is 6.92 Å². The quantitative estimate of drug-likeness (QED) is 0.923. The number of aromatic nitrogens is 2.